The van der Waals surface area contributed by atoms with Crippen molar-refractivity contribution in [3.63, 3.8) is 0 Å². The van der Waals surface area contributed by atoms with Gasteiger partial charge in [-0.25, -0.2) is 4.79 Å². The number of esters is 1. The molecule has 0 saturated heterocycles. The Hall–Kier alpha value is -3.33. The van der Waals surface area contributed by atoms with Gasteiger partial charge in [0.2, 0.25) is 0 Å². The zero-order valence-electron chi connectivity index (χ0n) is 17.8. The maximum atomic E-state index is 12.6. The van der Waals surface area contributed by atoms with Gasteiger partial charge in [0, 0.05) is 5.69 Å². The largest absolute Gasteiger partial charge is 0.495 e. The number of benzene rings is 2. The minimum atomic E-state index is -0.930. The van der Waals surface area contributed by atoms with Crippen LogP contribution < -0.4 is 10.1 Å². The van der Waals surface area contributed by atoms with Gasteiger partial charge in [-0.2, -0.15) is 0 Å². The van der Waals surface area contributed by atoms with Gasteiger partial charge >= 0.3 is 5.97 Å². The van der Waals surface area contributed by atoms with E-state index in [1.54, 1.807) is 55.5 Å². The van der Waals surface area contributed by atoms with Crippen LogP contribution in [0.15, 0.2) is 53.7 Å². The first-order valence-electron chi connectivity index (χ1n) is 9.69. The number of rotatable bonds is 8. The lowest BCUT2D eigenvalue weighted by molar-refractivity contribution is -0.124. The summed E-state index contributed by atoms with van der Waals surface area (Å²) in [5.41, 5.74) is 1.70. The van der Waals surface area contributed by atoms with Crippen molar-refractivity contribution in [2.24, 2.45) is 0 Å². The van der Waals surface area contributed by atoms with Crippen molar-refractivity contribution >= 4 is 29.3 Å². The highest BCUT2D eigenvalue weighted by molar-refractivity contribution is 7.98. The molecule has 0 spiro atoms. The third-order valence-electron chi connectivity index (χ3n) is 4.62. The summed E-state index contributed by atoms with van der Waals surface area (Å²) in [6, 6.07) is 14.0. The Labute approximate surface area is 185 Å². The third-order valence-corrected chi connectivity index (χ3v) is 5.25. The second-order valence-electron chi connectivity index (χ2n) is 6.61. The Morgan fingerprint density at radius 3 is 2.48 bits per heavy atom. The van der Waals surface area contributed by atoms with E-state index >= 15 is 0 Å². The van der Waals surface area contributed by atoms with Crippen LogP contribution in [0.3, 0.4) is 0 Å². The van der Waals surface area contributed by atoms with Crippen molar-refractivity contribution in [2.75, 3.05) is 18.7 Å². The fraction of sp³-hybridized carbons (Fsp3) is 0.273. The van der Waals surface area contributed by atoms with Crippen molar-refractivity contribution in [2.45, 2.75) is 31.5 Å². The summed E-state index contributed by atoms with van der Waals surface area (Å²) in [6.45, 7) is 3.64. The summed E-state index contributed by atoms with van der Waals surface area (Å²) in [4.78, 5) is 25.3. The quantitative estimate of drug-likeness (QED) is 0.419. The van der Waals surface area contributed by atoms with Crippen LogP contribution in [0.25, 0.3) is 5.69 Å². The van der Waals surface area contributed by atoms with Crippen molar-refractivity contribution in [1.82, 2.24) is 14.8 Å². The molecule has 1 amide bonds. The lowest BCUT2D eigenvalue weighted by Crippen LogP contribution is -2.32. The van der Waals surface area contributed by atoms with E-state index in [1.165, 1.54) is 18.9 Å². The predicted octanol–water partition coefficient (Wildman–Crippen LogP) is 3.88. The average molecular weight is 441 g/mol. The summed E-state index contributed by atoms with van der Waals surface area (Å²) in [7, 11) is 1.52. The number of carbonyl (C=O) groups excluding carboxylic acids is 2. The van der Waals surface area contributed by atoms with Gasteiger partial charge in [0.1, 0.15) is 11.6 Å². The fourth-order valence-corrected chi connectivity index (χ4v) is 3.54. The minimum Gasteiger partial charge on any atom is -0.495 e. The number of thioether (sulfide) groups is 1. The van der Waals surface area contributed by atoms with Crippen molar-refractivity contribution in [3.05, 3.63) is 59.9 Å². The number of carbonyl (C=O) groups is 2. The van der Waals surface area contributed by atoms with Crippen LogP contribution in [0.2, 0.25) is 0 Å². The molecule has 0 bridgehead atoms. The number of nitrogens with one attached hydrogen (secondary N) is 1. The number of methoxy groups -OCH3 is 1. The molecule has 1 heterocycles. The lowest BCUT2D eigenvalue weighted by Gasteiger charge is -2.17. The third kappa shape index (κ3) is 5.05. The molecule has 31 heavy (non-hydrogen) atoms. The molecule has 0 aliphatic rings. The molecule has 0 aliphatic carbocycles. The van der Waals surface area contributed by atoms with Gasteiger partial charge in [-0.3, -0.25) is 9.36 Å². The molecule has 3 aromatic rings. The maximum Gasteiger partial charge on any atom is 0.338 e. The predicted molar refractivity (Wildman–Crippen MR) is 119 cm³/mol. The van der Waals surface area contributed by atoms with E-state index in [0.717, 1.165) is 16.7 Å². The van der Waals surface area contributed by atoms with Crippen molar-refractivity contribution < 1.29 is 19.1 Å². The first kappa shape index (κ1) is 22.4. The number of nitrogens with zero attached hydrogens (tertiary/aromatic N) is 3. The highest BCUT2D eigenvalue weighted by atomic mass is 32.2. The molecule has 0 fully saturated rings. The molecule has 1 atom stereocenters. The van der Waals surface area contributed by atoms with E-state index in [0.29, 0.717) is 23.4 Å². The SMILES string of the molecule is CCC(OC(=O)c1ccc(-n2c(C)nnc2SC)cc1)C(=O)Nc1ccccc1OC. The van der Waals surface area contributed by atoms with E-state index in [1.807, 2.05) is 17.7 Å². The fourth-order valence-electron chi connectivity index (χ4n) is 3.00. The minimum absolute atomic E-state index is 0.335. The Bertz CT molecular complexity index is 1070. The van der Waals surface area contributed by atoms with Gasteiger partial charge < -0.3 is 14.8 Å². The first-order chi connectivity index (χ1) is 15.0. The smallest absolute Gasteiger partial charge is 0.338 e. The van der Waals surface area contributed by atoms with Crippen LogP contribution in [0.4, 0.5) is 5.69 Å². The van der Waals surface area contributed by atoms with E-state index in [9.17, 15) is 9.59 Å². The number of hydrogen-bond acceptors (Lipinski definition) is 7. The van der Waals surface area contributed by atoms with Crippen LogP contribution in [-0.2, 0) is 9.53 Å². The lowest BCUT2D eigenvalue weighted by atomic mass is 10.2. The summed E-state index contributed by atoms with van der Waals surface area (Å²) in [5.74, 6) is 0.293. The molecule has 2 aromatic carbocycles. The van der Waals surface area contributed by atoms with Crippen LogP contribution in [-0.4, -0.2) is 46.1 Å². The molecule has 1 aromatic heterocycles. The van der Waals surface area contributed by atoms with E-state index in [-0.39, 0.29) is 0 Å². The molecule has 1 N–H and O–H groups in total. The molecule has 0 aliphatic heterocycles. The summed E-state index contributed by atoms with van der Waals surface area (Å²) in [6.07, 6.45) is 1.33. The number of anilines is 1. The number of ether oxygens (including phenoxy) is 2. The number of para-hydroxylation sites is 2. The van der Waals surface area contributed by atoms with Gasteiger partial charge in [0.05, 0.1) is 18.4 Å². The van der Waals surface area contributed by atoms with E-state index in [2.05, 4.69) is 15.5 Å². The number of aryl methyl sites for hydroxylation is 1. The normalized spacial score (nSPS) is 11.6. The van der Waals surface area contributed by atoms with Gasteiger partial charge in [-0.05, 0) is 56.0 Å². The Balaban J connectivity index is 1.70. The molecule has 9 heteroatoms. The van der Waals surface area contributed by atoms with Gasteiger partial charge in [0.25, 0.3) is 5.91 Å². The molecule has 3 rings (SSSR count). The number of hydrogen-bond donors (Lipinski definition) is 1. The number of amides is 1. The summed E-state index contributed by atoms with van der Waals surface area (Å²) in [5, 5.41) is 11.7. The van der Waals surface area contributed by atoms with Crippen LogP contribution >= 0.6 is 11.8 Å². The summed E-state index contributed by atoms with van der Waals surface area (Å²) < 4.78 is 12.6. The highest BCUT2D eigenvalue weighted by Crippen LogP contribution is 2.24. The second kappa shape index (κ2) is 10.1. The molecule has 162 valence electrons. The standard InChI is InChI=1S/C22H24N4O4S/c1-5-18(20(27)23-17-8-6-7-9-19(17)29-3)30-21(28)15-10-12-16(13-11-15)26-14(2)24-25-22(26)31-4/h6-13,18H,5H2,1-4H3,(H,23,27). The Morgan fingerprint density at radius 2 is 1.84 bits per heavy atom. The monoisotopic (exact) mass is 440 g/mol. The van der Waals surface area contributed by atoms with Gasteiger partial charge in [0.15, 0.2) is 11.3 Å². The van der Waals surface area contributed by atoms with Crippen LogP contribution in [0.1, 0.15) is 29.5 Å². The molecular formula is C22H24N4O4S. The molecule has 0 saturated carbocycles. The number of aromatic nitrogens is 3. The Kier molecular flexibility index (Phi) is 7.30. The molecule has 0 radical (unpaired) electrons. The maximum absolute atomic E-state index is 12.6. The van der Waals surface area contributed by atoms with Gasteiger partial charge in [-0.1, -0.05) is 30.8 Å². The van der Waals surface area contributed by atoms with Gasteiger partial charge in [-0.15, -0.1) is 10.2 Å². The average Bonchev–Trinajstić information content (AvgIpc) is 3.18. The first-order valence-corrected chi connectivity index (χ1v) is 10.9. The van der Waals surface area contributed by atoms with Crippen molar-refractivity contribution in [1.29, 1.82) is 0 Å². The highest BCUT2D eigenvalue weighted by Gasteiger charge is 2.23. The van der Waals surface area contributed by atoms with Crippen molar-refractivity contribution in [3.8, 4) is 11.4 Å². The second-order valence-corrected chi connectivity index (χ2v) is 7.38. The Morgan fingerprint density at radius 1 is 1.13 bits per heavy atom. The zero-order chi connectivity index (χ0) is 22.4. The molecule has 8 nitrogen and oxygen atoms in total. The molecular weight excluding hydrogens is 416 g/mol. The van der Waals surface area contributed by atoms with Crippen LogP contribution in [0.5, 0.6) is 5.75 Å². The molecule has 1 unspecified atom stereocenters. The van der Waals surface area contributed by atoms with E-state index in [4.69, 9.17) is 9.47 Å². The van der Waals surface area contributed by atoms with E-state index < -0.39 is 18.0 Å². The topological polar surface area (TPSA) is 95.3 Å². The summed E-state index contributed by atoms with van der Waals surface area (Å²) >= 11 is 1.48. The zero-order valence-corrected chi connectivity index (χ0v) is 18.6. The van der Waals surface area contributed by atoms with Crippen LogP contribution in [0, 0.1) is 6.92 Å².